The van der Waals surface area contributed by atoms with Gasteiger partial charge in [-0.1, -0.05) is 80.8 Å². The number of aromatic nitrogens is 4. The second-order valence-electron chi connectivity index (χ2n) is 15.1. The van der Waals surface area contributed by atoms with Crippen molar-refractivity contribution in [3.63, 3.8) is 0 Å². The van der Waals surface area contributed by atoms with Crippen molar-refractivity contribution in [3.05, 3.63) is 75.5 Å². The van der Waals surface area contributed by atoms with E-state index < -0.39 is 11.8 Å². The van der Waals surface area contributed by atoms with Crippen LogP contribution in [0.15, 0.2) is 42.5 Å². The SMILES string of the molecule is CCCCCCCCCN1CCN(CC#Cc2ccc(OCCCc3sc(N4CCCc5c4nnc(Nc4nc6ccccc6s4)c5C)nc3C(=O)O)c(F)c2)CC1. The van der Waals surface area contributed by atoms with E-state index in [4.69, 9.17) is 4.74 Å². The van der Waals surface area contributed by atoms with Gasteiger partial charge in [-0.05, 0) is 75.9 Å². The molecule has 2 aromatic carbocycles. The van der Waals surface area contributed by atoms with Gasteiger partial charge in [0.25, 0.3) is 0 Å². The first-order valence-electron chi connectivity index (χ1n) is 20.7. The Kier molecular flexibility index (Phi) is 14.5. The summed E-state index contributed by atoms with van der Waals surface area (Å²) in [5, 5.41) is 23.8. The number of fused-ring (bicyclic) bond motifs is 2. The maximum Gasteiger partial charge on any atom is 0.355 e. The van der Waals surface area contributed by atoms with Crippen LogP contribution in [-0.2, 0) is 12.8 Å². The minimum Gasteiger partial charge on any atom is -0.491 e. The Morgan fingerprint density at radius 3 is 2.53 bits per heavy atom. The van der Waals surface area contributed by atoms with Gasteiger partial charge in [-0.15, -0.1) is 21.5 Å². The molecule has 0 atom stereocenters. The first kappa shape index (κ1) is 41.5. The maximum absolute atomic E-state index is 15.0. The van der Waals surface area contributed by atoms with Crippen LogP contribution in [-0.4, -0.2) is 93.5 Å². The maximum atomic E-state index is 15.0. The van der Waals surface area contributed by atoms with E-state index in [1.165, 1.54) is 68.9 Å². The molecule has 0 aliphatic carbocycles. The molecule has 5 heterocycles. The van der Waals surface area contributed by atoms with Crippen molar-refractivity contribution < 1.29 is 19.0 Å². The first-order valence-corrected chi connectivity index (χ1v) is 22.3. The number of piperazine rings is 1. The fourth-order valence-electron chi connectivity index (χ4n) is 7.53. The second kappa shape index (κ2) is 20.3. The number of anilines is 4. The molecule has 7 rings (SSSR count). The van der Waals surface area contributed by atoms with Gasteiger partial charge in [0.2, 0.25) is 0 Å². The van der Waals surface area contributed by atoms with Crippen molar-refractivity contribution in [1.82, 2.24) is 30.0 Å². The topological polar surface area (TPSA) is 120 Å². The molecule has 14 heteroatoms. The van der Waals surface area contributed by atoms with Gasteiger partial charge in [-0.3, -0.25) is 4.90 Å². The van der Waals surface area contributed by atoms with Gasteiger partial charge in [0.15, 0.2) is 39.2 Å². The minimum absolute atomic E-state index is 0.0189. The van der Waals surface area contributed by atoms with Gasteiger partial charge >= 0.3 is 5.97 Å². The summed E-state index contributed by atoms with van der Waals surface area (Å²) < 4.78 is 21.9. The van der Waals surface area contributed by atoms with Crippen LogP contribution in [0.25, 0.3) is 10.2 Å². The summed E-state index contributed by atoms with van der Waals surface area (Å²) >= 11 is 2.90. The average molecular weight is 825 g/mol. The molecule has 1 saturated heterocycles. The smallest absolute Gasteiger partial charge is 0.355 e. The second-order valence-corrected chi connectivity index (χ2v) is 17.1. The van der Waals surface area contributed by atoms with Crippen LogP contribution in [0.2, 0.25) is 0 Å². The standard InChI is InChI=1S/C44H53FN8O3S2/c1-3-4-5-6-7-8-11-22-51-25-27-52(28-26-51)23-12-15-32-20-21-36(34(45)30-32)56-29-14-19-38-39(42(54)55)47-44(58-38)53-24-13-16-33-31(2)40(49-50-41(33)53)48-43-46-35-17-9-10-18-37(35)57-43/h9-10,17-18,20-21,30H,3-8,11,13-14,16,19,22-29H2,1-2H3,(H,54,55)(H,46,48,49). The van der Waals surface area contributed by atoms with Gasteiger partial charge in [0.1, 0.15) is 0 Å². The van der Waals surface area contributed by atoms with Gasteiger partial charge in [0.05, 0.1) is 23.4 Å². The number of carboxylic acid groups (broad SMARTS) is 1. The Morgan fingerprint density at radius 1 is 0.948 bits per heavy atom. The Hall–Kier alpha value is -4.68. The lowest BCUT2D eigenvalue weighted by Gasteiger charge is -2.33. The highest BCUT2D eigenvalue weighted by atomic mass is 32.1. The number of thiazole rings is 2. The number of carboxylic acids is 1. The third-order valence-corrected chi connectivity index (χ3v) is 12.9. The summed E-state index contributed by atoms with van der Waals surface area (Å²) in [5.41, 5.74) is 3.59. The number of hydrogen-bond donors (Lipinski definition) is 2. The Balaban J connectivity index is 0.879. The van der Waals surface area contributed by atoms with Crippen LogP contribution in [0, 0.1) is 24.6 Å². The van der Waals surface area contributed by atoms with Crippen LogP contribution < -0.4 is 15.0 Å². The van der Waals surface area contributed by atoms with Crippen LogP contribution in [0.1, 0.15) is 96.8 Å². The largest absolute Gasteiger partial charge is 0.491 e. The summed E-state index contributed by atoms with van der Waals surface area (Å²) in [6.07, 6.45) is 12.0. The van der Waals surface area contributed by atoms with Crippen LogP contribution in [0.3, 0.4) is 0 Å². The molecule has 2 N–H and O–H groups in total. The Morgan fingerprint density at radius 2 is 1.74 bits per heavy atom. The summed E-state index contributed by atoms with van der Waals surface area (Å²) in [6, 6.07) is 12.8. The zero-order valence-corrected chi connectivity index (χ0v) is 35.2. The Labute approximate surface area is 348 Å². The molecule has 58 heavy (non-hydrogen) atoms. The highest BCUT2D eigenvalue weighted by Gasteiger charge is 2.28. The van der Waals surface area contributed by atoms with E-state index in [2.05, 4.69) is 54.0 Å². The number of benzene rings is 2. The molecule has 0 spiro atoms. The molecular weight excluding hydrogens is 772 g/mol. The van der Waals surface area contributed by atoms with Gasteiger partial charge in [-0.2, -0.15) is 0 Å². The summed E-state index contributed by atoms with van der Waals surface area (Å²) in [4.78, 5) is 29.0. The lowest BCUT2D eigenvalue weighted by Crippen LogP contribution is -2.46. The predicted molar refractivity (Wildman–Crippen MR) is 232 cm³/mol. The number of nitrogens with one attached hydrogen (secondary N) is 1. The number of para-hydroxylation sites is 1. The minimum atomic E-state index is -1.09. The molecule has 2 aliphatic rings. The van der Waals surface area contributed by atoms with Crippen LogP contribution in [0.5, 0.6) is 5.75 Å². The fraction of sp³-hybridized carbons (Fsp3) is 0.477. The van der Waals surface area contributed by atoms with Crippen molar-refractivity contribution in [2.75, 3.05) is 62.6 Å². The summed E-state index contributed by atoms with van der Waals surface area (Å²) in [7, 11) is 0. The van der Waals surface area contributed by atoms with E-state index >= 15 is 4.39 Å². The number of hydrogen-bond acceptors (Lipinski definition) is 12. The lowest BCUT2D eigenvalue weighted by atomic mass is 10.0. The third kappa shape index (κ3) is 10.7. The van der Waals surface area contributed by atoms with Crippen molar-refractivity contribution in [2.24, 2.45) is 0 Å². The van der Waals surface area contributed by atoms with Crippen LogP contribution >= 0.6 is 22.7 Å². The highest BCUT2D eigenvalue weighted by molar-refractivity contribution is 7.22. The molecule has 306 valence electrons. The zero-order valence-electron chi connectivity index (χ0n) is 33.6. The number of unbranched alkanes of at least 4 members (excludes halogenated alkanes) is 6. The van der Waals surface area contributed by atoms with Crippen molar-refractivity contribution in [2.45, 2.75) is 84.5 Å². The molecule has 0 radical (unpaired) electrons. The number of carbonyl (C=O) groups is 1. The normalized spacial score (nSPS) is 14.6. The lowest BCUT2D eigenvalue weighted by molar-refractivity contribution is 0.0690. The van der Waals surface area contributed by atoms with Gasteiger partial charge in [-0.25, -0.2) is 19.2 Å². The Bertz CT molecular complexity index is 2190. The highest BCUT2D eigenvalue weighted by Crippen LogP contribution is 2.39. The molecule has 3 aromatic heterocycles. The van der Waals surface area contributed by atoms with E-state index in [1.807, 2.05) is 36.1 Å². The molecule has 1 fully saturated rings. The predicted octanol–water partition coefficient (Wildman–Crippen LogP) is 9.25. The molecular formula is C44H53FN8O3S2. The number of halogens is 1. The van der Waals surface area contributed by atoms with Gasteiger partial charge < -0.3 is 25.0 Å². The summed E-state index contributed by atoms with van der Waals surface area (Å²) in [5.74, 6) is 6.29. The molecule has 11 nitrogen and oxygen atoms in total. The molecule has 0 unspecified atom stereocenters. The zero-order chi connectivity index (χ0) is 40.3. The number of aryl methyl sites for hydroxylation is 1. The number of ether oxygens (including phenoxy) is 1. The van der Waals surface area contributed by atoms with E-state index in [0.29, 0.717) is 53.1 Å². The number of rotatable bonds is 18. The quantitative estimate of drug-likeness (QED) is 0.0650. The van der Waals surface area contributed by atoms with E-state index in [-0.39, 0.29) is 18.1 Å². The third-order valence-electron chi connectivity index (χ3n) is 10.8. The van der Waals surface area contributed by atoms with E-state index in [9.17, 15) is 9.90 Å². The average Bonchev–Trinajstić information content (AvgIpc) is 3.85. The van der Waals surface area contributed by atoms with Crippen molar-refractivity contribution in [1.29, 1.82) is 0 Å². The van der Waals surface area contributed by atoms with Gasteiger partial charge in [0, 0.05) is 54.3 Å². The summed E-state index contributed by atoms with van der Waals surface area (Å²) in [6.45, 7) is 11.2. The fourth-order valence-corrected chi connectivity index (χ4v) is 9.52. The molecule has 2 aliphatic heterocycles. The number of nitrogens with zero attached hydrogens (tertiary/aromatic N) is 7. The number of aromatic carboxylic acids is 1. The first-order chi connectivity index (χ1) is 28.4. The monoisotopic (exact) mass is 824 g/mol. The van der Waals surface area contributed by atoms with E-state index in [0.717, 1.165) is 65.5 Å². The molecule has 0 saturated carbocycles. The van der Waals surface area contributed by atoms with Crippen LogP contribution in [0.4, 0.5) is 26.3 Å². The van der Waals surface area contributed by atoms with Crippen molar-refractivity contribution in [3.8, 4) is 17.6 Å². The molecule has 0 amide bonds. The van der Waals surface area contributed by atoms with E-state index in [1.54, 1.807) is 23.5 Å². The van der Waals surface area contributed by atoms with Crippen molar-refractivity contribution >= 4 is 60.8 Å². The molecule has 0 bridgehead atoms. The molecule has 5 aromatic rings.